The van der Waals surface area contributed by atoms with Gasteiger partial charge >= 0.3 is 0 Å². The molecule has 1 N–H and O–H groups in total. The number of hydrogen-bond acceptors (Lipinski definition) is 5. The minimum Gasteiger partial charge on any atom is -0.312 e. The van der Waals surface area contributed by atoms with Crippen molar-refractivity contribution in [2.24, 2.45) is 5.92 Å². The lowest BCUT2D eigenvalue weighted by Gasteiger charge is -2.18. The van der Waals surface area contributed by atoms with Crippen LogP contribution in [0, 0.1) is 5.92 Å². The highest BCUT2D eigenvalue weighted by Crippen LogP contribution is 2.40. The van der Waals surface area contributed by atoms with Crippen LogP contribution in [-0.4, -0.2) is 15.8 Å². The zero-order valence-electron chi connectivity index (χ0n) is 12.1. The summed E-state index contributed by atoms with van der Waals surface area (Å²) in [4.78, 5) is 2.47. The molecule has 0 saturated heterocycles. The molecule has 21 heavy (non-hydrogen) atoms. The van der Waals surface area contributed by atoms with Crippen molar-refractivity contribution in [1.29, 1.82) is 0 Å². The van der Waals surface area contributed by atoms with E-state index in [4.69, 9.17) is 11.6 Å². The normalized spacial score (nSPS) is 13.2. The maximum atomic E-state index is 6.41. The second kappa shape index (κ2) is 6.01. The predicted octanol–water partition coefficient (Wildman–Crippen LogP) is 4.99. The summed E-state index contributed by atoms with van der Waals surface area (Å²) in [6.07, 6.45) is 0. The van der Waals surface area contributed by atoms with Crippen molar-refractivity contribution in [1.82, 2.24) is 14.1 Å². The summed E-state index contributed by atoms with van der Waals surface area (Å²) in [5.41, 5.74) is 2.80. The summed E-state index contributed by atoms with van der Waals surface area (Å²) in [6, 6.07) is 8.49. The van der Waals surface area contributed by atoms with Crippen molar-refractivity contribution in [3.8, 4) is 10.4 Å². The first kappa shape index (κ1) is 14.9. The van der Waals surface area contributed by atoms with E-state index in [1.54, 1.807) is 11.3 Å². The molecule has 2 heterocycles. The molecular formula is C15H16ClN3S2. The highest BCUT2D eigenvalue weighted by atomic mass is 35.5. The fourth-order valence-corrected chi connectivity index (χ4v) is 4.72. The lowest BCUT2D eigenvalue weighted by Crippen LogP contribution is -2.20. The maximum Gasteiger partial charge on any atom is 0.114 e. The van der Waals surface area contributed by atoms with Crippen LogP contribution >= 0.6 is 34.7 Å². The van der Waals surface area contributed by atoms with Gasteiger partial charge in [0.15, 0.2) is 0 Å². The maximum absolute atomic E-state index is 6.41. The van der Waals surface area contributed by atoms with E-state index in [0.29, 0.717) is 12.0 Å². The molecular weight excluding hydrogens is 322 g/mol. The van der Waals surface area contributed by atoms with Crippen molar-refractivity contribution in [2.45, 2.75) is 19.9 Å². The van der Waals surface area contributed by atoms with E-state index in [-0.39, 0.29) is 0 Å². The summed E-state index contributed by atoms with van der Waals surface area (Å²) in [5.74, 6) is 0.536. The summed E-state index contributed by atoms with van der Waals surface area (Å²) in [7, 11) is 2.00. The van der Waals surface area contributed by atoms with Crippen molar-refractivity contribution in [3.05, 3.63) is 34.2 Å². The van der Waals surface area contributed by atoms with Gasteiger partial charge in [-0.3, -0.25) is 0 Å². The SMILES string of the molecule is CNC(c1ccc(-c2c(Cl)ccc3nsnc23)s1)C(C)C. The standard InChI is InChI=1S/C15H16ClN3S2/c1-8(2)14(17-3)12-7-6-11(20-12)13-9(16)4-5-10-15(13)19-21-18-10/h4-8,14,17H,1-3H3. The first-order valence-corrected chi connectivity index (χ1v) is 8.72. The first-order chi connectivity index (χ1) is 10.1. The molecule has 0 amide bonds. The van der Waals surface area contributed by atoms with Crippen LogP contribution in [0.3, 0.4) is 0 Å². The van der Waals surface area contributed by atoms with Gasteiger partial charge in [0.25, 0.3) is 0 Å². The molecule has 1 aromatic carbocycles. The fraction of sp³-hybridized carbons (Fsp3) is 0.333. The Kier molecular flexibility index (Phi) is 4.26. The van der Waals surface area contributed by atoms with Crippen LogP contribution in [0.2, 0.25) is 5.02 Å². The van der Waals surface area contributed by atoms with Crippen LogP contribution in [0.5, 0.6) is 0 Å². The van der Waals surface area contributed by atoms with Crippen LogP contribution in [0.25, 0.3) is 21.5 Å². The number of nitrogens with zero attached hydrogens (tertiary/aromatic N) is 2. The second-order valence-electron chi connectivity index (χ2n) is 5.27. The van der Waals surface area contributed by atoms with E-state index in [0.717, 1.165) is 26.5 Å². The molecule has 1 atom stereocenters. The Balaban J connectivity index is 2.10. The zero-order valence-corrected chi connectivity index (χ0v) is 14.4. The smallest absolute Gasteiger partial charge is 0.114 e. The number of hydrogen-bond donors (Lipinski definition) is 1. The Bertz CT molecular complexity index is 763. The molecule has 0 radical (unpaired) electrons. The highest BCUT2D eigenvalue weighted by Gasteiger charge is 2.19. The largest absolute Gasteiger partial charge is 0.312 e. The molecule has 2 aromatic heterocycles. The Hall–Kier alpha value is -1.01. The summed E-state index contributed by atoms with van der Waals surface area (Å²) in [5, 5.41) is 4.11. The molecule has 110 valence electrons. The van der Waals surface area contributed by atoms with Gasteiger partial charge in [-0.2, -0.15) is 8.75 Å². The van der Waals surface area contributed by atoms with E-state index in [1.807, 2.05) is 19.2 Å². The summed E-state index contributed by atoms with van der Waals surface area (Å²) >= 11 is 9.40. The number of fused-ring (bicyclic) bond motifs is 1. The average molecular weight is 338 g/mol. The van der Waals surface area contributed by atoms with Gasteiger partial charge < -0.3 is 5.32 Å². The van der Waals surface area contributed by atoms with E-state index in [9.17, 15) is 0 Å². The lowest BCUT2D eigenvalue weighted by molar-refractivity contribution is 0.449. The molecule has 1 unspecified atom stereocenters. The molecule has 0 aliphatic rings. The van der Waals surface area contributed by atoms with Gasteiger partial charge in [-0.15, -0.1) is 11.3 Å². The molecule has 0 bridgehead atoms. The molecule has 3 aromatic rings. The van der Waals surface area contributed by atoms with E-state index >= 15 is 0 Å². The van der Waals surface area contributed by atoms with Crippen LogP contribution in [0.1, 0.15) is 24.8 Å². The number of aromatic nitrogens is 2. The van der Waals surface area contributed by atoms with Crippen LogP contribution in [-0.2, 0) is 0 Å². The Morgan fingerprint density at radius 2 is 1.95 bits per heavy atom. The predicted molar refractivity (Wildman–Crippen MR) is 92.4 cm³/mol. The highest BCUT2D eigenvalue weighted by molar-refractivity contribution is 7.15. The molecule has 3 rings (SSSR count). The third-order valence-electron chi connectivity index (χ3n) is 3.53. The molecule has 0 fully saturated rings. The summed E-state index contributed by atoms with van der Waals surface area (Å²) < 4.78 is 8.70. The fourth-order valence-electron chi connectivity index (χ4n) is 2.52. The van der Waals surface area contributed by atoms with Crippen molar-refractivity contribution in [3.63, 3.8) is 0 Å². The zero-order chi connectivity index (χ0) is 15.0. The molecule has 0 spiro atoms. The van der Waals surface area contributed by atoms with Gasteiger partial charge in [-0.25, -0.2) is 0 Å². The molecule has 0 aliphatic heterocycles. The second-order valence-corrected chi connectivity index (χ2v) is 7.32. The number of rotatable bonds is 4. The van der Waals surface area contributed by atoms with Gasteiger partial charge in [-0.05, 0) is 37.2 Å². The quantitative estimate of drug-likeness (QED) is 0.728. The van der Waals surface area contributed by atoms with Gasteiger partial charge in [0.2, 0.25) is 0 Å². The third-order valence-corrected chi connectivity index (χ3v) is 5.58. The Morgan fingerprint density at radius 1 is 1.14 bits per heavy atom. The minimum atomic E-state index is 0.357. The van der Waals surface area contributed by atoms with Gasteiger partial charge in [0.1, 0.15) is 11.0 Å². The van der Waals surface area contributed by atoms with E-state index in [2.05, 4.69) is 40.0 Å². The average Bonchev–Trinajstić information content (AvgIpc) is 3.08. The minimum absolute atomic E-state index is 0.357. The number of thiophene rings is 1. The lowest BCUT2D eigenvalue weighted by atomic mass is 10.0. The molecule has 6 heteroatoms. The van der Waals surface area contributed by atoms with Crippen molar-refractivity contribution in [2.75, 3.05) is 7.05 Å². The monoisotopic (exact) mass is 337 g/mol. The number of halogens is 1. The van der Waals surface area contributed by atoms with Gasteiger partial charge in [0, 0.05) is 21.4 Å². The van der Waals surface area contributed by atoms with Crippen molar-refractivity contribution < 1.29 is 0 Å². The molecule has 3 nitrogen and oxygen atoms in total. The van der Waals surface area contributed by atoms with Gasteiger partial charge in [0.05, 0.1) is 16.8 Å². The van der Waals surface area contributed by atoms with E-state index in [1.165, 1.54) is 16.6 Å². The van der Waals surface area contributed by atoms with Crippen LogP contribution in [0.15, 0.2) is 24.3 Å². The van der Waals surface area contributed by atoms with Gasteiger partial charge in [-0.1, -0.05) is 25.4 Å². The van der Waals surface area contributed by atoms with Crippen molar-refractivity contribution >= 4 is 45.7 Å². The topological polar surface area (TPSA) is 37.8 Å². The van der Waals surface area contributed by atoms with Crippen LogP contribution in [0.4, 0.5) is 0 Å². The molecule has 0 saturated carbocycles. The Morgan fingerprint density at radius 3 is 2.67 bits per heavy atom. The number of benzene rings is 1. The molecule has 0 aliphatic carbocycles. The summed E-state index contributed by atoms with van der Waals surface area (Å²) in [6.45, 7) is 4.44. The number of nitrogens with one attached hydrogen (secondary N) is 1. The van der Waals surface area contributed by atoms with Crippen LogP contribution < -0.4 is 5.32 Å². The first-order valence-electron chi connectivity index (χ1n) is 6.80. The third kappa shape index (κ3) is 2.71. The van der Waals surface area contributed by atoms with E-state index < -0.39 is 0 Å². The Labute approximate surface area is 137 Å².